The van der Waals surface area contributed by atoms with Crippen LogP contribution in [0.1, 0.15) is 29.8 Å². The zero-order valence-electron chi connectivity index (χ0n) is 15.2. The van der Waals surface area contributed by atoms with E-state index in [-0.39, 0.29) is 5.78 Å². The summed E-state index contributed by atoms with van der Waals surface area (Å²) in [6.07, 6.45) is 0. The Bertz CT molecular complexity index is 572. The van der Waals surface area contributed by atoms with Crippen molar-refractivity contribution in [2.45, 2.75) is 46.0 Å². The van der Waals surface area contributed by atoms with Gasteiger partial charge in [-0.05, 0) is 64.2 Å². The first-order chi connectivity index (χ1) is 10.6. The fourth-order valence-electron chi connectivity index (χ4n) is 2.85. The minimum Gasteiger partial charge on any atom is -0.544 e. The topological polar surface area (TPSA) is 38.8 Å². The molecule has 1 aliphatic rings. The Hall–Kier alpha value is -1.17. The number of rotatable bonds is 5. The van der Waals surface area contributed by atoms with Gasteiger partial charge in [-0.1, -0.05) is 0 Å². The SMILES string of the molecule is Cc1cc(C(=O)C(C)(C)N2CCOCC2)ccc1O[Si](C)(C)C. The van der Waals surface area contributed by atoms with E-state index in [0.29, 0.717) is 13.2 Å². The van der Waals surface area contributed by atoms with Crippen LogP contribution in [-0.2, 0) is 4.74 Å². The molecule has 2 rings (SSSR count). The van der Waals surface area contributed by atoms with E-state index in [9.17, 15) is 4.79 Å². The van der Waals surface area contributed by atoms with Gasteiger partial charge in [0.25, 0.3) is 0 Å². The minimum absolute atomic E-state index is 0.155. The molecule has 0 bridgehead atoms. The van der Waals surface area contributed by atoms with Crippen LogP contribution in [0.15, 0.2) is 18.2 Å². The lowest BCUT2D eigenvalue weighted by Crippen LogP contribution is -2.54. The molecule has 5 heteroatoms. The van der Waals surface area contributed by atoms with Gasteiger partial charge in [0.1, 0.15) is 5.75 Å². The van der Waals surface area contributed by atoms with Crippen LogP contribution in [-0.4, -0.2) is 50.8 Å². The molecular weight excluding hydrogens is 306 g/mol. The Balaban J connectivity index is 2.20. The number of hydrogen-bond acceptors (Lipinski definition) is 4. The highest BCUT2D eigenvalue weighted by Gasteiger charge is 2.36. The van der Waals surface area contributed by atoms with Gasteiger partial charge in [-0.15, -0.1) is 0 Å². The molecule has 0 N–H and O–H groups in total. The number of Topliss-reactive ketones (excluding diaryl/α,β-unsaturated/α-hetero) is 1. The molecule has 4 nitrogen and oxygen atoms in total. The van der Waals surface area contributed by atoms with Crippen LogP contribution < -0.4 is 4.43 Å². The molecular formula is C18H29NO3Si. The quantitative estimate of drug-likeness (QED) is 0.610. The van der Waals surface area contributed by atoms with E-state index >= 15 is 0 Å². The average Bonchev–Trinajstić information content (AvgIpc) is 2.48. The Kier molecular flexibility index (Phi) is 5.33. The third kappa shape index (κ3) is 4.43. The van der Waals surface area contributed by atoms with Gasteiger partial charge in [-0.25, -0.2) is 0 Å². The van der Waals surface area contributed by atoms with Crippen molar-refractivity contribution in [2.24, 2.45) is 0 Å². The van der Waals surface area contributed by atoms with Crippen molar-refractivity contribution in [1.82, 2.24) is 4.90 Å². The summed E-state index contributed by atoms with van der Waals surface area (Å²) in [4.78, 5) is 15.2. The van der Waals surface area contributed by atoms with Crippen molar-refractivity contribution >= 4 is 14.1 Å². The minimum atomic E-state index is -1.64. The van der Waals surface area contributed by atoms with Crippen LogP contribution in [0.2, 0.25) is 19.6 Å². The van der Waals surface area contributed by atoms with E-state index in [2.05, 4.69) is 24.5 Å². The molecule has 0 saturated carbocycles. The second-order valence-corrected chi connectivity index (χ2v) is 12.1. The van der Waals surface area contributed by atoms with Gasteiger partial charge in [0.15, 0.2) is 5.78 Å². The van der Waals surface area contributed by atoms with E-state index in [1.165, 1.54) is 0 Å². The fraction of sp³-hybridized carbons (Fsp3) is 0.611. The molecule has 1 saturated heterocycles. The zero-order valence-corrected chi connectivity index (χ0v) is 16.2. The predicted octanol–water partition coefficient (Wildman–Crippen LogP) is 3.50. The van der Waals surface area contributed by atoms with E-state index in [1.54, 1.807) is 0 Å². The maximum absolute atomic E-state index is 13.0. The Morgan fingerprint density at radius 1 is 1.22 bits per heavy atom. The van der Waals surface area contributed by atoms with E-state index in [1.807, 2.05) is 39.0 Å². The van der Waals surface area contributed by atoms with Gasteiger partial charge in [0, 0.05) is 18.7 Å². The smallest absolute Gasteiger partial charge is 0.242 e. The Morgan fingerprint density at radius 3 is 2.35 bits per heavy atom. The van der Waals surface area contributed by atoms with Gasteiger partial charge in [0.2, 0.25) is 8.32 Å². The molecule has 1 aromatic rings. The molecule has 0 spiro atoms. The van der Waals surface area contributed by atoms with Crippen LogP contribution >= 0.6 is 0 Å². The summed E-state index contributed by atoms with van der Waals surface area (Å²) in [5.74, 6) is 1.05. The highest BCUT2D eigenvalue weighted by molar-refractivity contribution is 6.70. The van der Waals surface area contributed by atoms with Crippen LogP contribution in [0.25, 0.3) is 0 Å². The van der Waals surface area contributed by atoms with Gasteiger partial charge in [-0.2, -0.15) is 0 Å². The van der Waals surface area contributed by atoms with Crippen LogP contribution in [0.3, 0.4) is 0 Å². The van der Waals surface area contributed by atoms with Crippen LogP contribution in [0.4, 0.5) is 0 Å². The predicted molar refractivity (Wildman–Crippen MR) is 96.0 cm³/mol. The fourth-order valence-corrected chi connectivity index (χ4v) is 3.74. The van der Waals surface area contributed by atoms with Gasteiger partial charge in [-0.3, -0.25) is 9.69 Å². The van der Waals surface area contributed by atoms with Crippen molar-refractivity contribution in [2.75, 3.05) is 26.3 Å². The zero-order chi connectivity index (χ0) is 17.3. The first-order valence-electron chi connectivity index (χ1n) is 8.28. The summed E-state index contributed by atoms with van der Waals surface area (Å²) >= 11 is 0. The van der Waals surface area contributed by atoms with Crippen molar-refractivity contribution in [3.05, 3.63) is 29.3 Å². The number of benzene rings is 1. The normalized spacial score (nSPS) is 17.1. The van der Waals surface area contributed by atoms with Crippen molar-refractivity contribution in [3.63, 3.8) is 0 Å². The summed E-state index contributed by atoms with van der Waals surface area (Å²) < 4.78 is 11.5. The lowest BCUT2D eigenvalue weighted by atomic mass is 9.90. The maximum Gasteiger partial charge on any atom is 0.242 e. The Morgan fingerprint density at radius 2 is 1.83 bits per heavy atom. The van der Waals surface area contributed by atoms with Crippen molar-refractivity contribution in [3.8, 4) is 5.75 Å². The molecule has 23 heavy (non-hydrogen) atoms. The second-order valence-electron chi connectivity index (χ2n) is 7.68. The lowest BCUT2D eigenvalue weighted by molar-refractivity contribution is -0.00430. The lowest BCUT2D eigenvalue weighted by Gasteiger charge is -2.39. The molecule has 1 aliphatic heterocycles. The molecule has 1 heterocycles. The summed E-state index contributed by atoms with van der Waals surface area (Å²) in [7, 11) is -1.64. The Labute approximate surface area is 140 Å². The number of carbonyl (C=O) groups excluding carboxylic acids is 1. The van der Waals surface area contributed by atoms with Gasteiger partial charge >= 0.3 is 0 Å². The number of hydrogen-bond donors (Lipinski definition) is 0. The number of morpholine rings is 1. The summed E-state index contributed by atoms with van der Waals surface area (Å²) in [6, 6.07) is 5.79. The summed E-state index contributed by atoms with van der Waals surface area (Å²) in [5, 5.41) is 0. The first kappa shape index (κ1) is 18.2. The first-order valence-corrected chi connectivity index (χ1v) is 11.7. The third-order valence-electron chi connectivity index (χ3n) is 4.21. The van der Waals surface area contributed by atoms with E-state index < -0.39 is 13.9 Å². The molecule has 128 valence electrons. The standard InChI is InChI=1S/C18H29NO3Si/c1-14-13-15(7-8-16(14)22-23(4,5)6)17(20)18(2,3)19-9-11-21-12-10-19/h7-8,13H,9-12H2,1-6H3. The molecule has 0 aliphatic carbocycles. The number of ketones is 1. The summed E-state index contributed by atoms with van der Waals surface area (Å²) in [6.45, 7) is 15.5. The average molecular weight is 336 g/mol. The molecule has 1 fully saturated rings. The van der Waals surface area contributed by atoms with Crippen molar-refractivity contribution < 1.29 is 14.0 Å². The largest absolute Gasteiger partial charge is 0.544 e. The number of aryl methyl sites for hydroxylation is 1. The number of carbonyl (C=O) groups is 1. The highest BCUT2D eigenvalue weighted by Crippen LogP contribution is 2.27. The monoisotopic (exact) mass is 335 g/mol. The van der Waals surface area contributed by atoms with E-state index in [4.69, 9.17) is 9.16 Å². The molecule has 0 atom stereocenters. The van der Waals surface area contributed by atoms with Crippen LogP contribution in [0, 0.1) is 6.92 Å². The van der Waals surface area contributed by atoms with Crippen LogP contribution in [0.5, 0.6) is 5.75 Å². The third-order valence-corrected chi connectivity index (χ3v) is 5.04. The molecule has 0 radical (unpaired) electrons. The molecule has 1 aromatic carbocycles. The highest BCUT2D eigenvalue weighted by atomic mass is 28.4. The molecule has 0 unspecified atom stereocenters. The van der Waals surface area contributed by atoms with Gasteiger partial charge in [0.05, 0.1) is 18.8 Å². The second kappa shape index (κ2) is 6.75. The maximum atomic E-state index is 13.0. The van der Waals surface area contributed by atoms with Crippen molar-refractivity contribution in [1.29, 1.82) is 0 Å². The number of ether oxygens (including phenoxy) is 1. The summed E-state index contributed by atoms with van der Waals surface area (Å²) in [5.41, 5.74) is 1.26. The van der Waals surface area contributed by atoms with E-state index in [0.717, 1.165) is 30.0 Å². The molecule has 0 amide bonds. The van der Waals surface area contributed by atoms with Gasteiger partial charge < -0.3 is 9.16 Å². The number of nitrogens with zero attached hydrogens (tertiary/aromatic N) is 1. The molecule has 0 aromatic heterocycles.